The van der Waals surface area contributed by atoms with Gasteiger partial charge in [-0.2, -0.15) is 13.2 Å². The van der Waals surface area contributed by atoms with Crippen molar-refractivity contribution in [2.45, 2.75) is 19.6 Å². The molecule has 0 aliphatic carbocycles. The summed E-state index contributed by atoms with van der Waals surface area (Å²) < 4.78 is 41.3. The first-order chi connectivity index (χ1) is 13.8. The summed E-state index contributed by atoms with van der Waals surface area (Å²) in [6.45, 7) is 0.809. The van der Waals surface area contributed by atoms with Gasteiger partial charge in [-0.3, -0.25) is 9.59 Å². The van der Waals surface area contributed by atoms with Crippen molar-refractivity contribution in [2.75, 3.05) is 13.2 Å². The maximum Gasteiger partial charge on any atom is 0.422 e. The summed E-state index contributed by atoms with van der Waals surface area (Å²) in [4.78, 5) is 33.5. The van der Waals surface area contributed by atoms with Crippen molar-refractivity contribution < 1.29 is 22.7 Å². The number of nitrogens with one attached hydrogen (secondary N) is 1. The predicted molar refractivity (Wildman–Crippen MR) is 101 cm³/mol. The predicted octanol–water partition coefficient (Wildman–Crippen LogP) is 3.53. The van der Waals surface area contributed by atoms with Crippen LogP contribution in [0.1, 0.15) is 23.1 Å². The van der Waals surface area contributed by atoms with Gasteiger partial charge in [0, 0.05) is 12.1 Å². The lowest BCUT2D eigenvalue weighted by Gasteiger charge is -2.20. The minimum Gasteiger partial charge on any atom is -0.484 e. The van der Waals surface area contributed by atoms with E-state index < -0.39 is 12.8 Å². The van der Waals surface area contributed by atoms with Crippen molar-refractivity contribution in [3.05, 3.63) is 70.3 Å². The molecular weight excluding hydrogens is 387 g/mol. The second-order valence-electron chi connectivity index (χ2n) is 6.28. The van der Waals surface area contributed by atoms with Crippen LogP contribution in [-0.4, -0.2) is 40.1 Å². The molecule has 2 aromatic carbocycles. The normalized spacial score (nSPS) is 11.4. The van der Waals surface area contributed by atoms with Crippen LogP contribution in [0, 0.1) is 0 Å². The van der Waals surface area contributed by atoms with E-state index >= 15 is 0 Å². The molecule has 6 nitrogen and oxygen atoms in total. The highest BCUT2D eigenvalue weighted by atomic mass is 19.4. The first-order valence-corrected chi connectivity index (χ1v) is 8.83. The maximum absolute atomic E-state index is 12.7. The number of rotatable bonds is 6. The number of nitrogens with zero attached hydrogens (tertiary/aromatic N) is 2. The smallest absolute Gasteiger partial charge is 0.422 e. The molecule has 0 aliphatic rings. The minimum atomic E-state index is -4.43. The van der Waals surface area contributed by atoms with Crippen LogP contribution in [0.4, 0.5) is 13.2 Å². The van der Waals surface area contributed by atoms with Crippen LogP contribution in [0.25, 0.3) is 10.9 Å². The highest BCUT2D eigenvalue weighted by molar-refractivity contribution is 5.94. The molecule has 0 fully saturated rings. The van der Waals surface area contributed by atoms with Crippen molar-refractivity contribution in [1.29, 1.82) is 0 Å². The Morgan fingerprint density at radius 3 is 2.48 bits per heavy atom. The molecule has 0 spiro atoms. The highest BCUT2D eigenvalue weighted by Gasteiger charge is 2.28. The van der Waals surface area contributed by atoms with Crippen LogP contribution in [0.3, 0.4) is 0 Å². The quantitative estimate of drug-likeness (QED) is 0.681. The van der Waals surface area contributed by atoms with E-state index in [-0.39, 0.29) is 29.3 Å². The lowest BCUT2D eigenvalue weighted by molar-refractivity contribution is -0.153. The monoisotopic (exact) mass is 405 g/mol. The van der Waals surface area contributed by atoms with Gasteiger partial charge in [-0.15, -0.1) is 0 Å². The van der Waals surface area contributed by atoms with Crippen LogP contribution in [0.5, 0.6) is 5.75 Å². The number of carbonyl (C=O) groups is 1. The summed E-state index contributed by atoms with van der Waals surface area (Å²) in [7, 11) is 0. The van der Waals surface area contributed by atoms with E-state index in [2.05, 4.69) is 14.7 Å². The molecule has 0 atom stereocenters. The van der Waals surface area contributed by atoms with Gasteiger partial charge in [0.15, 0.2) is 6.61 Å². The van der Waals surface area contributed by atoms with Crippen LogP contribution < -0.4 is 10.3 Å². The topological polar surface area (TPSA) is 75.3 Å². The molecule has 0 unspecified atom stereocenters. The molecule has 1 aromatic heterocycles. The SMILES string of the molecule is CCN(Cc1nc2ccccc2c(=O)[nH]1)C(=O)c1ccc(OCC(F)(F)F)cc1. The van der Waals surface area contributed by atoms with E-state index in [0.717, 1.165) is 0 Å². The second kappa shape index (κ2) is 8.34. The molecular formula is C20H18F3N3O3. The molecule has 9 heteroatoms. The molecule has 29 heavy (non-hydrogen) atoms. The molecule has 1 amide bonds. The third-order valence-corrected chi connectivity index (χ3v) is 4.18. The summed E-state index contributed by atoms with van der Waals surface area (Å²) in [5.74, 6) is 0.0159. The van der Waals surface area contributed by atoms with Gasteiger partial charge in [-0.25, -0.2) is 4.98 Å². The van der Waals surface area contributed by atoms with Gasteiger partial charge in [0.25, 0.3) is 11.5 Å². The molecule has 0 aliphatic heterocycles. The number of para-hydroxylation sites is 1. The summed E-state index contributed by atoms with van der Waals surface area (Å²) in [6.07, 6.45) is -4.43. The number of hydrogen-bond donors (Lipinski definition) is 1. The van der Waals surface area contributed by atoms with Gasteiger partial charge >= 0.3 is 6.18 Å². The highest BCUT2D eigenvalue weighted by Crippen LogP contribution is 2.19. The molecule has 0 saturated carbocycles. The van der Waals surface area contributed by atoms with E-state index in [9.17, 15) is 22.8 Å². The Kier molecular flexibility index (Phi) is 5.86. The summed E-state index contributed by atoms with van der Waals surface area (Å²) in [6, 6.07) is 12.3. The Labute approximate surface area is 163 Å². The number of H-pyrrole nitrogens is 1. The number of amides is 1. The van der Waals surface area contributed by atoms with Gasteiger partial charge in [-0.1, -0.05) is 12.1 Å². The fraction of sp³-hybridized carbons (Fsp3) is 0.250. The number of fused-ring (bicyclic) bond motifs is 1. The van der Waals surface area contributed by atoms with Crippen LogP contribution >= 0.6 is 0 Å². The number of ether oxygens (including phenoxy) is 1. The van der Waals surface area contributed by atoms with E-state index in [1.807, 2.05) is 0 Å². The number of aromatic amines is 1. The number of halogens is 3. The lowest BCUT2D eigenvalue weighted by atomic mass is 10.2. The summed E-state index contributed by atoms with van der Waals surface area (Å²) in [5.41, 5.74) is 0.524. The molecule has 1 heterocycles. The van der Waals surface area contributed by atoms with Crippen LogP contribution in [0.15, 0.2) is 53.3 Å². The van der Waals surface area contributed by atoms with Crippen LogP contribution in [-0.2, 0) is 6.54 Å². The average Bonchev–Trinajstić information content (AvgIpc) is 2.70. The molecule has 3 rings (SSSR count). The fourth-order valence-electron chi connectivity index (χ4n) is 2.76. The first-order valence-electron chi connectivity index (χ1n) is 8.83. The largest absolute Gasteiger partial charge is 0.484 e. The number of alkyl halides is 3. The number of carbonyl (C=O) groups excluding carboxylic acids is 1. The van der Waals surface area contributed by atoms with E-state index in [0.29, 0.717) is 23.3 Å². The second-order valence-corrected chi connectivity index (χ2v) is 6.28. The van der Waals surface area contributed by atoms with Crippen LogP contribution in [0.2, 0.25) is 0 Å². The van der Waals surface area contributed by atoms with Crippen molar-refractivity contribution >= 4 is 16.8 Å². The van der Waals surface area contributed by atoms with E-state index in [1.54, 1.807) is 31.2 Å². The van der Waals surface area contributed by atoms with Gasteiger partial charge in [0.1, 0.15) is 11.6 Å². The van der Waals surface area contributed by atoms with Gasteiger partial charge in [0.2, 0.25) is 0 Å². The van der Waals surface area contributed by atoms with Gasteiger partial charge < -0.3 is 14.6 Å². The molecule has 0 saturated heterocycles. The third-order valence-electron chi connectivity index (χ3n) is 4.18. The first kappa shape index (κ1) is 20.4. The summed E-state index contributed by atoms with van der Waals surface area (Å²) in [5, 5.41) is 0.458. The van der Waals surface area contributed by atoms with Crippen molar-refractivity contribution in [2.24, 2.45) is 0 Å². The minimum absolute atomic E-state index is 0.0162. The fourth-order valence-corrected chi connectivity index (χ4v) is 2.76. The molecule has 0 radical (unpaired) electrons. The third kappa shape index (κ3) is 5.13. The molecule has 1 N–H and O–H groups in total. The van der Waals surface area contributed by atoms with E-state index in [1.165, 1.54) is 29.2 Å². The van der Waals surface area contributed by atoms with Crippen molar-refractivity contribution in [3.8, 4) is 5.75 Å². The number of aromatic nitrogens is 2. The van der Waals surface area contributed by atoms with Crippen molar-refractivity contribution in [3.63, 3.8) is 0 Å². The van der Waals surface area contributed by atoms with Gasteiger partial charge in [0.05, 0.1) is 17.4 Å². The Balaban J connectivity index is 1.74. The Morgan fingerprint density at radius 2 is 1.83 bits per heavy atom. The Bertz CT molecular complexity index is 1060. The summed E-state index contributed by atoms with van der Waals surface area (Å²) >= 11 is 0. The molecule has 3 aromatic rings. The maximum atomic E-state index is 12.7. The number of hydrogen-bond acceptors (Lipinski definition) is 4. The Hall–Kier alpha value is -3.36. The zero-order valence-corrected chi connectivity index (χ0v) is 15.5. The molecule has 0 bridgehead atoms. The molecule has 152 valence electrons. The average molecular weight is 405 g/mol. The number of benzene rings is 2. The zero-order valence-electron chi connectivity index (χ0n) is 15.5. The lowest BCUT2D eigenvalue weighted by Crippen LogP contribution is -2.32. The van der Waals surface area contributed by atoms with E-state index in [4.69, 9.17) is 0 Å². The zero-order chi connectivity index (χ0) is 21.0. The van der Waals surface area contributed by atoms with Crippen molar-refractivity contribution in [1.82, 2.24) is 14.9 Å². The van der Waals surface area contributed by atoms with Gasteiger partial charge in [-0.05, 0) is 43.3 Å². The standard InChI is InChI=1S/C20H18F3N3O3/c1-2-26(11-17-24-16-6-4-3-5-15(16)18(27)25-17)19(28)13-7-9-14(10-8-13)29-12-20(21,22)23/h3-10H,2,11-12H2,1H3,(H,24,25,27). The Morgan fingerprint density at radius 1 is 1.14 bits per heavy atom.